The number of nitrogens with zero attached hydrogens (tertiary/aromatic N) is 2. The Morgan fingerprint density at radius 3 is 3.12 bits per heavy atom. The second kappa shape index (κ2) is 4.25. The zero-order valence-corrected chi connectivity index (χ0v) is 10.0. The smallest absolute Gasteiger partial charge is 0.198 e. The average Bonchev–Trinajstić information content (AvgIpc) is 2.78. The molecule has 0 fully saturated rings. The molecule has 17 heavy (non-hydrogen) atoms. The average molecular weight is 244 g/mol. The largest absolute Gasteiger partial charge is 0.369 e. The molecule has 0 aliphatic carbocycles. The van der Waals surface area contributed by atoms with E-state index in [4.69, 9.17) is 12.2 Å². The van der Waals surface area contributed by atoms with Crippen molar-refractivity contribution in [2.45, 2.75) is 12.8 Å². The lowest BCUT2D eigenvalue weighted by molar-refractivity contribution is 0.944. The SMILES string of the molecule is S=c1nc2c(c(Cc3ccccn3)[nH]1)CCN2. The first kappa shape index (κ1) is 10.4. The van der Waals surface area contributed by atoms with Crippen LogP contribution in [0.2, 0.25) is 0 Å². The van der Waals surface area contributed by atoms with E-state index in [0.717, 1.165) is 36.6 Å². The summed E-state index contributed by atoms with van der Waals surface area (Å²) in [4.78, 5) is 11.8. The lowest BCUT2D eigenvalue weighted by Gasteiger charge is -2.06. The number of anilines is 1. The fraction of sp³-hybridized carbons (Fsp3) is 0.250. The molecule has 0 amide bonds. The standard InChI is InChI=1S/C12H12N4S/c17-12-15-10(7-8-3-1-2-5-13-8)9-4-6-14-11(9)16-12/h1-3,5H,4,6-7H2,(H2,14,15,16,17). The van der Waals surface area contributed by atoms with Crippen molar-refractivity contribution < 1.29 is 0 Å². The first-order valence-corrected chi connectivity index (χ1v) is 5.99. The van der Waals surface area contributed by atoms with Gasteiger partial charge in [0.1, 0.15) is 5.82 Å². The maximum atomic E-state index is 5.13. The molecule has 0 unspecified atom stereocenters. The van der Waals surface area contributed by atoms with E-state index in [1.54, 1.807) is 0 Å². The quantitative estimate of drug-likeness (QED) is 0.794. The summed E-state index contributed by atoms with van der Waals surface area (Å²) in [6.45, 7) is 0.935. The molecule has 0 saturated heterocycles. The van der Waals surface area contributed by atoms with Gasteiger partial charge in [-0.25, -0.2) is 4.98 Å². The van der Waals surface area contributed by atoms with E-state index < -0.39 is 0 Å². The molecule has 2 N–H and O–H groups in total. The highest BCUT2D eigenvalue weighted by molar-refractivity contribution is 7.71. The molecule has 86 valence electrons. The number of aromatic amines is 1. The van der Waals surface area contributed by atoms with Crippen LogP contribution in [0.15, 0.2) is 24.4 Å². The van der Waals surface area contributed by atoms with Gasteiger partial charge in [0.2, 0.25) is 0 Å². The van der Waals surface area contributed by atoms with E-state index in [1.165, 1.54) is 5.56 Å². The maximum Gasteiger partial charge on any atom is 0.198 e. The van der Waals surface area contributed by atoms with Gasteiger partial charge in [-0.05, 0) is 30.8 Å². The van der Waals surface area contributed by atoms with Crippen molar-refractivity contribution in [3.63, 3.8) is 0 Å². The Morgan fingerprint density at radius 1 is 1.35 bits per heavy atom. The molecule has 1 aliphatic heterocycles. The van der Waals surface area contributed by atoms with Crippen molar-refractivity contribution in [2.75, 3.05) is 11.9 Å². The van der Waals surface area contributed by atoms with E-state index >= 15 is 0 Å². The molecule has 0 radical (unpaired) electrons. The van der Waals surface area contributed by atoms with Crippen molar-refractivity contribution in [1.29, 1.82) is 0 Å². The van der Waals surface area contributed by atoms with Crippen LogP contribution in [-0.4, -0.2) is 21.5 Å². The highest BCUT2D eigenvalue weighted by Gasteiger charge is 2.16. The summed E-state index contributed by atoms with van der Waals surface area (Å²) in [5, 5.41) is 3.25. The number of aromatic nitrogens is 3. The molecular weight excluding hydrogens is 232 g/mol. The predicted octanol–water partition coefficient (Wildman–Crippen LogP) is 2.09. The maximum absolute atomic E-state index is 5.13. The molecule has 1 aliphatic rings. The molecular formula is C12H12N4S. The third kappa shape index (κ3) is 2.06. The zero-order valence-electron chi connectivity index (χ0n) is 9.23. The molecule has 0 spiro atoms. The Morgan fingerprint density at radius 2 is 2.29 bits per heavy atom. The summed E-state index contributed by atoms with van der Waals surface area (Å²) < 4.78 is 0.532. The van der Waals surface area contributed by atoms with Crippen LogP contribution in [0.5, 0.6) is 0 Å². The summed E-state index contributed by atoms with van der Waals surface area (Å²) in [5.41, 5.74) is 3.41. The summed E-state index contributed by atoms with van der Waals surface area (Å²) >= 11 is 5.13. The van der Waals surface area contributed by atoms with Crippen molar-refractivity contribution in [1.82, 2.24) is 15.0 Å². The molecule has 5 heteroatoms. The minimum Gasteiger partial charge on any atom is -0.369 e. The highest BCUT2D eigenvalue weighted by Crippen LogP contribution is 2.23. The monoisotopic (exact) mass is 244 g/mol. The van der Waals surface area contributed by atoms with Gasteiger partial charge in [-0.2, -0.15) is 0 Å². The third-order valence-electron chi connectivity index (χ3n) is 2.87. The minimum atomic E-state index is 0.532. The zero-order chi connectivity index (χ0) is 11.7. The summed E-state index contributed by atoms with van der Waals surface area (Å²) in [7, 11) is 0. The van der Waals surface area contributed by atoms with Crippen molar-refractivity contribution >= 4 is 18.0 Å². The Balaban J connectivity index is 2.01. The second-order valence-electron chi connectivity index (χ2n) is 4.02. The van der Waals surface area contributed by atoms with Crippen LogP contribution in [0.3, 0.4) is 0 Å². The van der Waals surface area contributed by atoms with Gasteiger partial charge in [0.05, 0.1) is 0 Å². The van der Waals surface area contributed by atoms with E-state index in [1.807, 2.05) is 24.4 Å². The molecule has 2 aromatic heterocycles. The third-order valence-corrected chi connectivity index (χ3v) is 3.07. The topological polar surface area (TPSA) is 53.6 Å². The van der Waals surface area contributed by atoms with Gasteiger partial charge < -0.3 is 10.3 Å². The van der Waals surface area contributed by atoms with E-state index in [9.17, 15) is 0 Å². The summed E-state index contributed by atoms with van der Waals surface area (Å²) in [5.74, 6) is 0.930. The number of nitrogens with one attached hydrogen (secondary N) is 2. The number of hydrogen-bond acceptors (Lipinski definition) is 4. The van der Waals surface area contributed by atoms with Gasteiger partial charge in [0.15, 0.2) is 4.77 Å². The number of fused-ring (bicyclic) bond motifs is 1. The van der Waals surface area contributed by atoms with E-state index in [2.05, 4.69) is 20.3 Å². The first-order chi connectivity index (χ1) is 8.33. The van der Waals surface area contributed by atoms with Crippen molar-refractivity contribution in [3.05, 3.63) is 46.1 Å². The van der Waals surface area contributed by atoms with Crippen LogP contribution in [-0.2, 0) is 12.8 Å². The second-order valence-corrected chi connectivity index (χ2v) is 4.41. The van der Waals surface area contributed by atoms with Gasteiger partial charge >= 0.3 is 0 Å². The van der Waals surface area contributed by atoms with Crippen LogP contribution in [0.4, 0.5) is 5.82 Å². The molecule has 0 atom stereocenters. The van der Waals surface area contributed by atoms with Crippen LogP contribution in [0.25, 0.3) is 0 Å². The van der Waals surface area contributed by atoms with E-state index in [0.29, 0.717) is 4.77 Å². The van der Waals surface area contributed by atoms with Crippen molar-refractivity contribution in [3.8, 4) is 0 Å². The van der Waals surface area contributed by atoms with Crippen LogP contribution in [0, 0.1) is 4.77 Å². The van der Waals surface area contributed by atoms with Gasteiger partial charge in [-0.15, -0.1) is 0 Å². The number of H-pyrrole nitrogens is 1. The molecule has 0 bridgehead atoms. The molecule has 0 aromatic carbocycles. The van der Waals surface area contributed by atoms with Gasteiger partial charge in [0.25, 0.3) is 0 Å². The predicted molar refractivity (Wildman–Crippen MR) is 68.7 cm³/mol. The Kier molecular flexibility index (Phi) is 2.60. The summed E-state index contributed by atoms with van der Waals surface area (Å²) in [6.07, 6.45) is 3.58. The normalized spacial score (nSPS) is 13.2. The minimum absolute atomic E-state index is 0.532. The van der Waals surface area contributed by atoms with Gasteiger partial charge in [-0.1, -0.05) is 6.07 Å². The molecule has 3 heterocycles. The number of pyridine rings is 1. The van der Waals surface area contributed by atoms with Crippen LogP contribution >= 0.6 is 12.2 Å². The molecule has 3 rings (SSSR count). The molecule has 0 saturated carbocycles. The fourth-order valence-electron chi connectivity index (χ4n) is 2.10. The molecule has 4 nitrogen and oxygen atoms in total. The van der Waals surface area contributed by atoms with E-state index in [-0.39, 0.29) is 0 Å². The fourth-order valence-corrected chi connectivity index (χ4v) is 2.32. The van der Waals surface area contributed by atoms with Gasteiger partial charge in [-0.3, -0.25) is 4.98 Å². The Bertz CT molecular complexity index is 591. The number of rotatable bonds is 2. The number of hydrogen-bond donors (Lipinski definition) is 2. The molecule has 2 aromatic rings. The van der Waals surface area contributed by atoms with Crippen LogP contribution < -0.4 is 5.32 Å². The lowest BCUT2D eigenvalue weighted by Crippen LogP contribution is -2.01. The van der Waals surface area contributed by atoms with Crippen molar-refractivity contribution in [2.24, 2.45) is 0 Å². The Labute approximate surface area is 104 Å². The lowest BCUT2D eigenvalue weighted by atomic mass is 10.1. The highest BCUT2D eigenvalue weighted by atomic mass is 32.1. The first-order valence-electron chi connectivity index (χ1n) is 5.59. The summed E-state index contributed by atoms with van der Waals surface area (Å²) in [6, 6.07) is 5.94. The Hall–Kier alpha value is -1.75. The van der Waals surface area contributed by atoms with Gasteiger partial charge in [0, 0.05) is 36.1 Å². The van der Waals surface area contributed by atoms with Crippen LogP contribution in [0.1, 0.15) is 17.0 Å².